The van der Waals surface area contributed by atoms with E-state index in [-0.39, 0.29) is 5.56 Å². The Labute approximate surface area is 121 Å². The molecule has 0 aliphatic rings. The van der Waals surface area contributed by atoms with E-state index >= 15 is 0 Å². The Hall–Kier alpha value is -1.29. The van der Waals surface area contributed by atoms with Crippen molar-refractivity contribution in [3.8, 4) is 0 Å². The molecular weight excluding hydrogens is 254 g/mol. The minimum atomic E-state index is -0.934. The fourth-order valence-electron chi connectivity index (χ4n) is 1.95. The van der Waals surface area contributed by atoms with Gasteiger partial charge in [0.1, 0.15) is 12.0 Å². The molecule has 0 saturated heterocycles. The lowest BCUT2D eigenvalue weighted by molar-refractivity contribution is 0.0696. The van der Waals surface area contributed by atoms with Crippen molar-refractivity contribution in [1.29, 1.82) is 0 Å². The third-order valence-corrected chi connectivity index (χ3v) is 3.33. The number of carboxylic acids is 1. The van der Waals surface area contributed by atoms with E-state index < -0.39 is 5.97 Å². The van der Waals surface area contributed by atoms with Crippen molar-refractivity contribution in [2.45, 2.75) is 47.1 Å². The minimum absolute atomic E-state index is 0.229. The second-order valence-corrected chi connectivity index (χ2v) is 6.25. The lowest BCUT2D eigenvalue weighted by atomic mass is 10.1. The number of hydrogen-bond acceptors (Lipinski definition) is 3. The van der Waals surface area contributed by atoms with E-state index in [1.165, 1.54) is 6.26 Å². The molecule has 1 aromatic heterocycles. The van der Waals surface area contributed by atoms with Crippen molar-refractivity contribution in [1.82, 2.24) is 4.90 Å². The highest BCUT2D eigenvalue weighted by Gasteiger charge is 2.13. The van der Waals surface area contributed by atoms with Crippen LogP contribution in [0.15, 0.2) is 16.7 Å². The summed E-state index contributed by atoms with van der Waals surface area (Å²) in [5.74, 6) is 1.14. The number of rotatable bonds is 9. The number of nitrogens with zero attached hydrogens (tertiary/aromatic N) is 1. The van der Waals surface area contributed by atoms with Crippen molar-refractivity contribution in [2.24, 2.45) is 11.8 Å². The van der Waals surface area contributed by atoms with Crippen LogP contribution in [0.25, 0.3) is 0 Å². The Morgan fingerprint density at radius 3 is 2.15 bits per heavy atom. The van der Waals surface area contributed by atoms with Crippen LogP contribution in [0.1, 0.15) is 56.7 Å². The molecule has 1 rings (SSSR count). The molecule has 1 aromatic rings. The molecule has 0 aliphatic heterocycles. The summed E-state index contributed by atoms with van der Waals surface area (Å²) in [5.41, 5.74) is 0.229. The van der Waals surface area contributed by atoms with Gasteiger partial charge in [-0.25, -0.2) is 4.79 Å². The Bertz CT molecular complexity index is 398. The summed E-state index contributed by atoms with van der Waals surface area (Å²) in [4.78, 5) is 13.2. The summed E-state index contributed by atoms with van der Waals surface area (Å²) in [7, 11) is 0. The van der Waals surface area contributed by atoms with Crippen LogP contribution in [-0.2, 0) is 6.54 Å². The third-order valence-electron chi connectivity index (χ3n) is 3.33. The zero-order valence-corrected chi connectivity index (χ0v) is 13.1. The molecule has 0 aromatic carbocycles. The van der Waals surface area contributed by atoms with Crippen LogP contribution in [0.3, 0.4) is 0 Å². The topological polar surface area (TPSA) is 53.7 Å². The van der Waals surface area contributed by atoms with Crippen molar-refractivity contribution < 1.29 is 14.3 Å². The maximum Gasteiger partial charge on any atom is 0.338 e. The number of aromatic carboxylic acids is 1. The third kappa shape index (κ3) is 6.24. The average molecular weight is 281 g/mol. The second kappa shape index (κ2) is 8.10. The van der Waals surface area contributed by atoms with E-state index in [0.29, 0.717) is 18.4 Å². The van der Waals surface area contributed by atoms with E-state index in [4.69, 9.17) is 9.52 Å². The van der Waals surface area contributed by atoms with E-state index in [2.05, 4.69) is 32.6 Å². The van der Waals surface area contributed by atoms with Crippen molar-refractivity contribution in [3.05, 3.63) is 23.7 Å². The zero-order chi connectivity index (χ0) is 15.1. The van der Waals surface area contributed by atoms with Gasteiger partial charge in [-0.15, -0.1) is 0 Å². The maximum atomic E-state index is 10.9. The molecule has 20 heavy (non-hydrogen) atoms. The van der Waals surface area contributed by atoms with Crippen LogP contribution in [0, 0.1) is 11.8 Å². The fourth-order valence-corrected chi connectivity index (χ4v) is 1.95. The molecule has 0 radical (unpaired) electrons. The Kier molecular flexibility index (Phi) is 6.79. The summed E-state index contributed by atoms with van der Waals surface area (Å²) in [5, 5.41) is 8.91. The van der Waals surface area contributed by atoms with E-state index in [9.17, 15) is 4.79 Å². The van der Waals surface area contributed by atoms with Gasteiger partial charge in [0, 0.05) is 0 Å². The SMILES string of the molecule is CC(C)CCN(CCC(C)C)Cc1cc(C(=O)O)co1. The predicted molar refractivity (Wildman–Crippen MR) is 79.9 cm³/mol. The van der Waals surface area contributed by atoms with Gasteiger partial charge in [0.25, 0.3) is 0 Å². The van der Waals surface area contributed by atoms with Gasteiger partial charge in [-0.1, -0.05) is 27.7 Å². The van der Waals surface area contributed by atoms with Crippen molar-refractivity contribution >= 4 is 5.97 Å². The normalized spacial score (nSPS) is 11.8. The summed E-state index contributed by atoms with van der Waals surface area (Å²) in [6, 6.07) is 1.63. The number of carbonyl (C=O) groups is 1. The zero-order valence-electron chi connectivity index (χ0n) is 13.1. The molecule has 0 spiro atoms. The Morgan fingerprint density at radius 2 is 1.75 bits per heavy atom. The van der Waals surface area contributed by atoms with Crippen LogP contribution in [0.5, 0.6) is 0 Å². The first-order valence-corrected chi connectivity index (χ1v) is 7.41. The summed E-state index contributed by atoms with van der Waals surface area (Å²) in [6.07, 6.45) is 3.61. The van der Waals surface area contributed by atoms with Crippen LogP contribution in [-0.4, -0.2) is 29.1 Å². The van der Waals surface area contributed by atoms with Crippen LogP contribution in [0.4, 0.5) is 0 Å². The summed E-state index contributed by atoms with van der Waals surface area (Å²) < 4.78 is 5.35. The van der Waals surface area contributed by atoms with Gasteiger partial charge in [-0.2, -0.15) is 0 Å². The average Bonchev–Trinajstić information content (AvgIpc) is 2.81. The molecule has 0 fully saturated rings. The molecule has 1 heterocycles. The van der Waals surface area contributed by atoms with E-state index in [0.717, 1.165) is 31.7 Å². The predicted octanol–water partition coefficient (Wildman–Crippen LogP) is 3.87. The van der Waals surface area contributed by atoms with Crippen LogP contribution in [0.2, 0.25) is 0 Å². The van der Waals surface area contributed by atoms with Gasteiger partial charge in [0.2, 0.25) is 0 Å². The molecule has 0 saturated carbocycles. The molecule has 0 atom stereocenters. The van der Waals surface area contributed by atoms with E-state index in [1.807, 2.05) is 0 Å². The highest BCUT2D eigenvalue weighted by atomic mass is 16.4. The van der Waals surface area contributed by atoms with Gasteiger partial charge >= 0.3 is 5.97 Å². The lowest BCUT2D eigenvalue weighted by Gasteiger charge is -2.23. The van der Waals surface area contributed by atoms with Gasteiger partial charge in [0.05, 0.1) is 12.1 Å². The van der Waals surface area contributed by atoms with Gasteiger partial charge in [-0.3, -0.25) is 4.90 Å². The smallest absolute Gasteiger partial charge is 0.338 e. The first-order valence-electron chi connectivity index (χ1n) is 7.41. The molecule has 114 valence electrons. The van der Waals surface area contributed by atoms with Crippen molar-refractivity contribution in [2.75, 3.05) is 13.1 Å². The minimum Gasteiger partial charge on any atom is -0.478 e. The Balaban J connectivity index is 2.58. The maximum absolute atomic E-state index is 10.9. The monoisotopic (exact) mass is 281 g/mol. The second-order valence-electron chi connectivity index (χ2n) is 6.25. The number of furan rings is 1. The first-order chi connectivity index (χ1) is 9.38. The first kappa shape index (κ1) is 16.8. The standard InChI is InChI=1S/C16H27NO3/c1-12(2)5-7-17(8-6-13(3)4)10-15-9-14(11-20-15)16(18)19/h9,11-13H,5-8,10H2,1-4H3,(H,18,19). The molecule has 4 nitrogen and oxygen atoms in total. The molecule has 4 heteroatoms. The van der Waals surface area contributed by atoms with Gasteiger partial charge in [0.15, 0.2) is 0 Å². The highest BCUT2D eigenvalue weighted by Crippen LogP contribution is 2.14. The molecule has 0 unspecified atom stereocenters. The summed E-state index contributed by atoms with van der Waals surface area (Å²) in [6.45, 7) is 11.6. The molecule has 0 amide bonds. The molecule has 0 aliphatic carbocycles. The van der Waals surface area contributed by atoms with Crippen LogP contribution >= 0.6 is 0 Å². The largest absolute Gasteiger partial charge is 0.478 e. The Morgan fingerprint density at radius 1 is 1.20 bits per heavy atom. The van der Waals surface area contributed by atoms with Gasteiger partial charge in [-0.05, 0) is 43.8 Å². The fraction of sp³-hybridized carbons (Fsp3) is 0.688. The quantitative estimate of drug-likeness (QED) is 0.746. The summed E-state index contributed by atoms with van der Waals surface area (Å²) >= 11 is 0. The highest BCUT2D eigenvalue weighted by molar-refractivity contribution is 5.87. The van der Waals surface area contributed by atoms with Crippen molar-refractivity contribution in [3.63, 3.8) is 0 Å². The molecule has 0 bridgehead atoms. The number of carboxylic acid groups (broad SMARTS) is 1. The molecular formula is C16H27NO3. The van der Waals surface area contributed by atoms with Crippen LogP contribution < -0.4 is 0 Å². The van der Waals surface area contributed by atoms with Gasteiger partial charge < -0.3 is 9.52 Å². The number of hydrogen-bond donors (Lipinski definition) is 1. The molecule has 1 N–H and O–H groups in total. The lowest BCUT2D eigenvalue weighted by Crippen LogP contribution is -2.27. The van der Waals surface area contributed by atoms with E-state index in [1.54, 1.807) is 6.07 Å².